The van der Waals surface area contributed by atoms with Gasteiger partial charge in [-0.3, -0.25) is 0 Å². The number of benzene rings is 2. The Morgan fingerprint density at radius 1 is 1.11 bits per heavy atom. The highest BCUT2D eigenvalue weighted by molar-refractivity contribution is 14.0. The molecule has 2 aromatic carbocycles. The largest absolute Gasteiger partial charge is 0.496 e. The fraction of sp³-hybridized carbons (Fsp3) is 0.350. The zero-order valence-corrected chi connectivity index (χ0v) is 18.8. The molecule has 0 aromatic heterocycles. The van der Waals surface area contributed by atoms with Crippen LogP contribution in [0.4, 0.5) is 5.69 Å². The van der Waals surface area contributed by atoms with Crippen LogP contribution in [-0.4, -0.2) is 33.4 Å². The minimum absolute atomic E-state index is 0. The summed E-state index contributed by atoms with van der Waals surface area (Å²) in [4.78, 5) is 4.42. The van der Waals surface area contributed by atoms with Gasteiger partial charge < -0.3 is 30.0 Å². The second-order valence-corrected chi connectivity index (χ2v) is 6.30. The van der Waals surface area contributed by atoms with E-state index in [1.54, 1.807) is 33.5 Å². The quantitative estimate of drug-likeness (QED) is 0.359. The van der Waals surface area contributed by atoms with E-state index < -0.39 is 0 Å². The molecular formula is C20H26IN3O4. The Bertz CT molecular complexity index is 858. The van der Waals surface area contributed by atoms with Crippen LogP contribution in [-0.2, 0) is 13.0 Å². The summed E-state index contributed by atoms with van der Waals surface area (Å²) in [6.07, 6.45) is 1.07. The van der Waals surface area contributed by atoms with Crippen molar-refractivity contribution in [3.05, 3.63) is 41.5 Å². The van der Waals surface area contributed by atoms with Crippen molar-refractivity contribution in [2.24, 2.45) is 10.7 Å². The van der Waals surface area contributed by atoms with Crippen LogP contribution in [0.15, 0.2) is 35.3 Å². The Hall–Kier alpha value is -2.36. The number of guanidine groups is 1. The lowest BCUT2D eigenvalue weighted by Crippen LogP contribution is -2.22. The van der Waals surface area contributed by atoms with Crippen LogP contribution in [0.1, 0.15) is 18.1 Å². The molecule has 0 amide bonds. The van der Waals surface area contributed by atoms with E-state index in [2.05, 4.69) is 17.2 Å². The van der Waals surface area contributed by atoms with E-state index >= 15 is 0 Å². The number of ether oxygens (including phenoxy) is 4. The molecule has 7 nitrogen and oxygen atoms in total. The monoisotopic (exact) mass is 499 g/mol. The molecule has 1 heterocycles. The minimum Gasteiger partial charge on any atom is -0.496 e. The molecule has 0 bridgehead atoms. The molecule has 1 atom stereocenters. The van der Waals surface area contributed by atoms with E-state index in [0.717, 1.165) is 34.7 Å². The van der Waals surface area contributed by atoms with Crippen molar-refractivity contribution in [1.82, 2.24) is 0 Å². The highest BCUT2D eigenvalue weighted by Crippen LogP contribution is 2.35. The number of nitrogens with zero attached hydrogens (tertiary/aromatic N) is 1. The van der Waals surface area contributed by atoms with Gasteiger partial charge >= 0.3 is 0 Å². The van der Waals surface area contributed by atoms with Gasteiger partial charge in [-0.25, -0.2) is 4.99 Å². The van der Waals surface area contributed by atoms with E-state index in [1.165, 1.54) is 0 Å². The molecule has 1 unspecified atom stereocenters. The van der Waals surface area contributed by atoms with Crippen molar-refractivity contribution in [2.45, 2.75) is 26.0 Å². The Morgan fingerprint density at radius 2 is 1.82 bits per heavy atom. The highest BCUT2D eigenvalue weighted by atomic mass is 127. The standard InChI is InChI=1S/C20H25N3O4.HI/c1-12-7-13-8-17(25-3)14(9-18(13)27-12)11-22-20(21)23-15-5-6-16(24-2)19(10-15)26-4;/h5-6,8-10,12H,7,11H2,1-4H3,(H3,21,22,23);1H. The molecule has 0 aliphatic carbocycles. The Labute approximate surface area is 182 Å². The number of fused-ring (bicyclic) bond motifs is 1. The van der Waals surface area contributed by atoms with E-state index in [0.29, 0.717) is 24.0 Å². The lowest BCUT2D eigenvalue weighted by molar-refractivity contribution is 0.254. The molecule has 2 aromatic rings. The third-order valence-corrected chi connectivity index (χ3v) is 4.37. The summed E-state index contributed by atoms with van der Waals surface area (Å²) in [6, 6.07) is 9.43. The lowest BCUT2D eigenvalue weighted by atomic mass is 10.1. The topological polar surface area (TPSA) is 87.3 Å². The lowest BCUT2D eigenvalue weighted by Gasteiger charge is -2.12. The van der Waals surface area contributed by atoms with Gasteiger partial charge in [0, 0.05) is 29.3 Å². The first-order chi connectivity index (χ1) is 13.0. The maximum absolute atomic E-state index is 6.04. The van der Waals surface area contributed by atoms with E-state index in [-0.39, 0.29) is 30.1 Å². The van der Waals surface area contributed by atoms with E-state index in [1.807, 2.05) is 18.2 Å². The van der Waals surface area contributed by atoms with Crippen molar-refractivity contribution in [3.63, 3.8) is 0 Å². The molecule has 3 N–H and O–H groups in total. The predicted molar refractivity (Wildman–Crippen MR) is 121 cm³/mol. The molecule has 1 aliphatic rings. The fourth-order valence-corrected chi connectivity index (χ4v) is 3.07. The molecule has 8 heteroatoms. The van der Waals surface area contributed by atoms with Gasteiger partial charge in [0.1, 0.15) is 17.6 Å². The van der Waals surface area contributed by atoms with Crippen LogP contribution in [0.3, 0.4) is 0 Å². The maximum atomic E-state index is 6.04. The van der Waals surface area contributed by atoms with Crippen molar-refractivity contribution in [2.75, 3.05) is 26.6 Å². The number of aliphatic imine (C=N–C) groups is 1. The summed E-state index contributed by atoms with van der Waals surface area (Å²) in [7, 11) is 4.83. The number of hydrogen-bond donors (Lipinski definition) is 2. The van der Waals surface area contributed by atoms with Crippen LogP contribution in [0.25, 0.3) is 0 Å². The third kappa shape index (κ3) is 4.92. The highest BCUT2D eigenvalue weighted by Gasteiger charge is 2.21. The summed E-state index contributed by atoms with van der Waals surface area (Å²) >= 11 is 0. The molecule has 0 saturated carbocycles. The van der Waals surface area contributed by atoms with Crippen LogP contribution in [0.5, 0.6) is 23.0 Å². The van der Waals surface area contributed by atoms with Gasteiger partial charge in [-0.05, 0) is 31.2 Å². The van der Waals surface area contributed by atoms with Crippen molar-refractivity contribution >= 4 is 35.6 Å². The first-order valence-electron chi connectivity index (χ1n) is 8.69. The van der Waals surface area contributed by atoms with Crippen LogP contribution in [0.2, 0.25) is 0 Å². The van der Waals surface area contributed by atoms with Gasteiger partial charge in [-0.2, -0.15) is 0 Å². The van der Waals surface area contributed by atoms with E-state index in [4.69, 9.17) is 24.7 Å². The van der Waals surface area contributed by atoms with Gasteiger partial charge in [-0.15, -0.1) is 24.0 Å². The zero-order chi connectivity index (χ0) is 19.4. The Morgan fingerprint density at radius 3 is 2.50 bits per heavy atom. The number of rotatable bonds is 6. The number of nitrogens with one attached hydrogen (secondary N) is 1. The van der Waals surface area contributed by atoms with Gasteiger partial charge in [0.05, 0.1) is 27.9 Å². The molecule has 0 saturated heterocycles. The smallest absolute Gasteiger partial charge is 0.193 e. The SMILES string of the molecule is COc1cc2c(cc1CN=C(N)Nc1ccc(OC)c(OC)c1)OC(C)C2.I. The average Bonchev–Trinajstić information content (AvgIpc) is 3.04. The van der Waals surface area contributed by atoms with Gasteiger partial charge in [-0.1, -0.05) is 0 Å². The van der Waals surface area contributed by atoms with Crippen LogP contribution >= 0.6 is 24.0 Å². The summed E-state index contributed by atoms with van der Waals surface area (Å²) < 4.78 is 21.8. The number of halogens is 1. The van der Waals surface area contributed by atoms with Crippen LogP contribution < -0.4 is 30.0 Å². The first-order valence-corrected chi connectivity index (χ1v) is 8.69. The fourth-order valence-electron chi connectivity index (χ4n) is 3.07. The van der Waals surface area contributed by atoms with Crippen molar-refractivity contribution < 1.29 is 18.9 Å². The van der Waals surface area contributed by atoms with Crippen molar-refractivity contribution in [3.8, 4) is 23.0 Å². The second kappa shape index (κ2) is 9.72. The molecule has 0 radical (unpaired) electrons. The number of anilines is 1. The van der Waals surface area contributed by atoms with Gasteiger partial charge in [0.25, 0.3) is 0 Å². The Balaban J connectivity index is 0.00000280. The number of methoxy groups -OCH3 is 3. The van der Waals surface area contributed by atoms with Gasteiger partial charge in [0.2, 0.25) is 0 Å². The van der Waals surface area contributed by atoms with Crippen molar-refractivity contribution in [1.29, 1.82) is 0 Å². The zero-order valence-electron chi connectivity index (χ0n) is 16.4. The molecule has 0 fully saturated rings. The molecule has 28 heavy (non-hydrogen) atoms. The summed E-state index contributed by atoms with van der Waals surface area (Å²) in [5.41, 5.74) is 8.87. The molecule has 3 rings (SSSR count). The van der Waals surface area contributed by atoms with Crippen LogP contribution in [0, 0.1) is 0 Å². The molecule has 0 spiro atoms. The summed E-state index contributed by atoms with van der Waals surface area (Å²) in [5, 5.41) is 3.06. The first kappa shape index (κ1) is 21.9. The average molecular weight is 499 g/mol. The number of hydrogen-bond acceptors (Lipinski definition) is 5. The number of nitrogens with two attached hydrogens (primary N) is 1. The van der Waals surface area contributed by atoms with E-state index in [9.17, 15) is 0 Å². The second-order valence-electron chi connectivity index (χ2n) is 6.30. The minimum atomic E-state index is 0. The summed E-state index contributed by atoms with van der Waals surface area (Å²) in [6.45, 7) is 2.43. The normalized spacial score (nSPS) is 15.1. The molecule has 1 aliphatic heterocycles. The predicted octanol–water partition coefficient (Wildman–Crippen LogP) is 3.58. The molecule has 152 valence electrons. The molecular weight excluding hydrogens is 473 g/mol. The van der Waals surface area contributed by atoms with Gasteiger partial charge in [0.15, 0.2) is 17.5 Å². The third-order valence-electron chi connectivity index (χ3n) is 4.37. The summed E-state index contributed by atoms with van der Waals surface area (Å²) in [5.74, 6) is 3.23. The maximum Gasteiger partial charge on any atom is 0.193 e. The Kier molecular flexibility index (Phi) is 7.61.